The molecule has 0 heterocycles. The molecule has 0 unspecified atom stereocenters. The van der Waals surface area contributed by atoms with Gasteiger partial charge in [-0.25, -0.2) is 0 Å². The third-order valence-corrected chi connectivity index (χ3v) is 2.67. The smallest absolute Gasteiger partial charge is 0.161 e. The molecule has 0 amide bonds. The fourth-order valence-corrected chi connectivity index (χ4v) is 1.73. The number of benzene rings is 1. The minimum atomic E-state index is 0.119. The summed E-state index contributed by atoms with van der Waals surface area (Å²) in [5, 5.41) is 8.84. The molecule has 1 aromatic carbocycles. The Morgan fingerprint density at radius 1 is 1.21 bits per heavy atom. The molecular formula is C10H13BrO3. The Labute approximate surface area is 91.8 Å². The van der Waals surface area contributed by atoms with Gasteiger partial charge in [0.2, 0.25) is 0 Å². The molecule has 1 aromatic rings. The zero-order chi connectivity index (χ0) is 10.6. The summed E-state index contributed by atoms with van der Waals surface area (Å²) in [6, 6.07) is 3.70. The summed E-state index contributed by atoms with van der Waals surface area (Å²) < 4.78 is 11.2. The Bertz CT molecular complexity index is 312. The van der Waals surface area contributed by atoms with Crippen LogP contribution < -0.4 is 9.47 Å². The molecular weight excluding hydrogens is 248 g/mol. The molecule has 0 atom stereocenters. The monoisotopic (exact) mass is 260 g/mol. The van der Waals surface area contributed by atoms with Crippen molar-refractivity contribution in [3.05, 3.63) is 22.2 Å². The topological polar surface area (TPSA) is 38.7 Å². The zero-order valence-electron chi connectivity index (χ0n) is 8.21. The van der Waals surface area contributed by atoms with Crippen LogP contribution in [0.1, 0.15) is 5.56 Å². The summed E-state index contributed by atoms with van der Waals surface area (Å²) in [4.78, 5) is 0. The molecule has 0 saturated heterocycles. The second-order valence-electron chi connectivity index (χ2n) is 2.77. The first-order chi connectivity index (χ1) is 6.72. The Morgan fingerprint density at radius 2 is 1.79 bits per heavy atom. The van der Waals surface area contributed by atoms with E-state index in [1.807, 2.05) is 12.1 Å². The van der Waals surface area contributed by atoms with E-state index in [1.165, 1.54) is 0 Å². The van der Waals surface area contributed by atoms with E-state index >= 15 is 0 Å². The first-order valence-corrected chi connectivity index (χ1v) is 5.03. The molecule has 4 heteroatoms. The molecule has 0 saturated carbocycles. The van der Waals surface area contributed by atoms with Gasteiger partial charge in [-0.1, -0.05) is 15.9 Å². The largest absolute Gasteiger partial charge is 0.493 e. The molecule has 0 aliphatic carbocycles. The maximum Gasteiger partial charge on any atom is 0.161 e. The molecule has 0 aliphatic heterocycles. The lowest BCUT2D eigenvalue weighted by atomic mass is 10.1. The Kier molecular flexibility index (Phi) is 4.22. The number of ether oxygens (including phenoxy) is 2. The average molecular weight is 261 g/mol. The van der Waals surface area contributed by atoms with E-state index in [-0.39, 0.29) is 6.61 Å². The number of halogens is 1. The molecule has 0 spiro atoms. The van der Waals surface area contributed by atoms with E-state index in [0.717, 1.165) is 10.0 Å². The first-order valence-electron chi connectivity index (χ1n) is 4.24. The van der Waals surface area contributed by atoms with Crippen molar-refractivity contribution in [2.24, 2.45) is 0 Å². The lowest BCUT2D eigenvalue weighted by Crippen LogP contribution is -1.96. The van der Waals surface area contributed by atoms with Gasteiger partial charge in [0.25, 0.3) is 0 Å². The summed E-state index contributed by atoms with van der Waals surface area (Å²) in [7, 11) is 3.19. The van der Waals surface area contributed by atoms with Crippen LogP contribution in [0.3, 0.4) is 0 Å². The maximum absolute atomic E-state index is 8.84. The van der Waals surface area contributed by atoms with Crippen molar-refractivity contribution in [1.82, 2.24) is 0 Å². The summed E-state index contributed by atoms with van der Waals surface area (Å²) in [5.74, 6) is 1.36. The second kappa shape index (κ2) is 5.22. The SMILES string of the molecule is COc1cc(Br)c(CCO)cc1OC. The third kappa shape index (κ3) is 2.39. The van der Waals surface area contributed by atoms with Crippen molar-refractivity contribution in [2.45, 2.75) is 6.42 Å². The standard InChI is InChI=1S/C10H13BrO3/c1-13-9-5-7(3-4-12)8(11)6-10(9)14-2/h5-6,12H,3-4H2,1-2H3. The second-order valence-corrected chi connectivity index (χ2v) is 3.63. The van der Waals surface area contributed by atoms with Gasteiger partial charge in [-0.2, -0.15) is 0 Å². The number of rotatable bonds is 4. The van der Waals surface area contributed by atoms with Gasteiger partial charge < -0.3 is 14.6 Å². The summed E-state index contributed by atoms with van der Waals surface area (Å²) in [6.45, 7) is 0.119. The van der Waals surface area contributed by atoms with Gasteiger partial charge in [-0.15, -0.1) is 0 Å². The van der Waals surface area contributed by atoms with E-state index in [1.54, 1.807) is 14.2 Å². The molecule has 0 fully saturated rings. The van der Waals surface area contributed by atoms with Gasteiger partial charge in [-0.3, -0.25) is 0 Å². The molecule has 0 bridgehead atoms. The minimum absolute atomic E-state index is 0.119. The predicted molar refractivity (Wildman–Crippen MR) is 58.0 cm³/mol. The summed E-state index contributed by atoms with van der Waals surface area (Å²) in [5.41, 5.74) is 1.00. The van der Waals surface area contributed by atoms with Crippen LogP contribution in [0.4, 0.5) is 0 Å². The fraction of sp³-hybridized carbons (Fsp3) is 0.400. The lowest BCUT2D eigenvalue weighted by molar-refractivity contribution is 0.298. The van der Waals surface area contributed by atoms with Gasteiger partial charge in [0.05, 0.1) is 14.2 Å². The summed E-state index contributed by atoms with van der Waals surface area (Å²) in [6.07, 6.45) is 0.598. The third-order valence-electron chi connectivity index (χ3n) is 1.93. The number of aliphatic hydroxyl groups excluding tert-OH is 1. The summed E-state index contributed by atoms with van der Waals surface area (Å²) >= 11 is 3.41. The van der Waals surface area contributed by atoms with Crippen molar-refractivity contribution in [2.75, 3.05) is 20.8 Å². The molecule has 0 aromatic heterocycles. The van der Waals surface area contributed by atoms with Crippen molar-refractivity contribution in [3.63, 3.8) is 0 Å². The predicted octanol–water partition coefficient (Wildman–Crippen LogP) is 2.00. The molecule has 78 valence electrons. The van der Waals surface area contributed by atoms with E-state index in [2.05, 4.69) is 15.9 Å². The van der Waals surface area contributed by atoms with Crippen LogP contribution in [-0.2, 0) is 6.42 Å². The van der Waals surface area contributed by atoms with Gasteiger partial charge in [-0.05, 0) is 24.1 Å². The van der Waals surface area contributed by atoms with Crippen LogP contribution in [0.15, 0.2) is 16.6 Å². The average Bonchev–Trinajstić information content (AvgIpc) is 2.20. The molecule has 1 rings (SSSR count). The molecule has 1 N–H and O–H groups in total. The van der Waals surface area contributed by atoms with Crippen LogP contribution in [0.25, 0.3) is 0 Å². The lowest BCUT2D eigenvalue weighted by Gasteiger charge is -2.10. The van der Waals surface area contributed by atoms with Crippen LogP contribution in [-0.4, -0.2) is 25.9 Å². The Morgan fingerprint density at radius 3 is 2.29 bits per heavy atom. The van der Waals surface area contributed by atoms with Crippen molar-refractivity contribution >= 4 is 15.9 Å². The highest BCUT2D eigenvalue weighted by Gasteiger charge is 2.08. The number of hydrogen-bond donors (Lipinski definition) is 1. The van der Waals surface area contributed by atoms with Crippen molar-refractivity contribution < 1.29 is 14.6 Å². The first kappa shape index (κ1) is 11.3. The Hall–Kier alpha value is -0.740. The van der Waals surface area contributed by atoms with Crippen molar-refractivity contribution in [3.8, 4) is 11.5 Å². The van der Waals surface area contributed by atoms with Gasteiger partial charge >= 0.3 is 0 Å². The highest BCUT2D eigenvalue weighted by molar-refractivity contribution is 9.10. The van der Waals surface area contributed by atoms with Gasteiger partial charge in [0.15, 0.2) is 11.5 Å². The van der Waals surface area contributed by atoms with Crippen LogP contribution in [0.5, 0.6) is 11.5 Å². The quantitative estimate of drug-likeness (QED) is 0.900. The van der Waals surface area contributed by atoms with Gasteiger partial charge in [0.1, 0.15) is 0 Å². The van der Waals surface area contributed by atoms with Crippen LogP contribution in [0.2, 0.25) is 0 Å². The molecule has 0 aliphatic rings. The number of hydrogen-bond acceptors (Lipinski definition) is 3. The van der Waals surface area contributed by atoms with Gasteiger partial charge in [0, 0.05) is 11.1 Å². The van der Waals surface area contributed by atoms with E-state index in [0.29, 0.717) is 17.9 Å². The van der Waals surface area contributed by atoms with Crippen molar-refractivity contribution in [1.29, 1.82) is 0 Å². The van der Waals surface area contributed by atoms with Crippen LogP contribution >= 0.6 is 15.9 Å². The molecule has 3 nitrogen and oxygen atoms in total. The van der Waals surface area contributed by atoms with E-state index in [4.69, 9.17) is 14.6 Å². The zero-order valence-corrected chi connectivity index (χ0v) is 9.80. The Balaban J connectivity index is 3.09. The number of aliphatic hydroxyl groups is 1. The fourth-order valence-electron chi connectivity index (χ4n) is 1.21. The minimum Gasteiger partial charge on any atom is -0.493 e. The molecule has 0 radical (unpaired) electrons. The highest BCUT2D eigenvalue weighted by Crippen LogP contribution is 2.33. The van der Waals surface area contributed by atoms with Crippen LogP contribution in [0, 0.1) is 0 Å². The number of methoxy groups -OCH3 is 2. The normalized spacial score (nSPS) is 10.0. The molecule has 14 heavy (non-hydrogen) atoms. The highest BCUT2D eigenvalue weighted by atomic mass is 79.9. The maximum atomic E-state index is 8.84. The van der Waals surface area contributed by atoms with E-state index < -0.39 is 0 Å². The van der Waals surface area contributed by atoms with E-state index in [9.17, 15) is 0 Å².